The van der Waals surface area contributed by atoms with Gasteiger partial charge in [-0.2, -0.15) is 0 Å². The van der Waals surface area contributed by atoms with E-state index in [4.69, 9.17) is 14.6 Å². The van der Waals surface area contributed by atoms with Crippen molar-refractivity contribution in [3.8, 4) is 11.5 Å². The SMILES string of the molecule is Cc1cc(OCCOc2ccc(Br)cc2)c(C(=O)O)s1. The van der Waals surface area contributed by atoms with Crippen molar-refractivity contribution in [1.29, 1.82) is 0 Å². The first-order valence-corrected chi connectivity index (χ1v) is 7.52. The number of ether oxygens (including phenoxy) is 2. The van der Waals surface area contributed by atoms with Crippen molar-refractivity contribution in [2.75, 3.05) is 13.2 Å². The lowest BCUT2D eigenvalue weighted by Crippen LogP contribution is -2.10. The molecule has 1 aromatic carbocycles. The number of rotatable bonds is 6. The highest BCUT2D eigenvalue weighted by atomic mass is 79.9. The van der Waals surface area contributed by atoms with Crippen LogP contribution in [0.1, 0.15) is 14.5 Å². The number of hydrogen-bond acceptors (Lipinski definition) is 4. The minimum absolute atomic E-state index is 0.228. The summed E-state index contributed by atoms with van der Waals surface area (Å²) >= 11 is 4.55. The average Bonchev–Trinajstić information content (AvgIpc) is 2.78. The largest absolute Gasteiger partial charge is 0.490 e. The Kier molecular flexibility index (Phi) is 5.03. The Balaban J connectivity index is 1.84. The fraction of sp³-hybridized carbons (Fsp3) is 0.214. The Labute approximate surface area is 129 Å². The first-order chi connectivity index (χ1) is 9.56. The van der Waals surface area contributed by atoms with Crippen molar-refractivity contribution < 1.29 is 19.4 Å². The van der Waals surface area contributed by atoms with E-state index in [9.17, 15) is 4.79 Å². The van der Waals surface area contributed by atoms with Crippen molar-refractivity contribution in [1.82, 2.24) is 0 Å². The van der Waals surface area contributed by atoms with E-state index >= 15 is 0 Å². The molecule has 0 amide bonds. The molecule has 0 fully saturated rings. The topological polar surface area (TPSA) is 55.8 Å². The van der Waals surface area contributed by atoms with Crippen LogP contribution in [-0.2, 0) is 0 Å². The lowest BCUT2D eigenvalue weighted by Gasteiger charge is -2.08. The lowest BCUT2D eigenvalue weighted by atomic mass is 10.3. The van der Waals surface area contributed by atoms with Crippen molar-refractivity contribution >= 4 is 33.2 Å². The van der Waals surface area contributed by atoms with Crippen LogP contribution in [0.2, 0.25) is 0 Å². The second-order valence-corrected chi connectivity index (χ2v) is 6.18. The number of benzene rings is 1. The summed E-state index contributed by atoms with van der Waals surface area (Å²) in [5.74, 6) is 0.183. The van der Waals surface area contributed by atoms with Crippen LogP contribution in [0.5, 0.6) is 11.5 Å². The van der Waals surface area contributed by atoms with Crippen LogP contribution < -0.4 is 9.47 Å². The fourth-order valence-electron chi connectivity index (χ4n) is 1.59. The van der Waals surface area contributed by atoms with Gasteiger partial charge in [-0.1, -0.05) is 15.9 Å². The zero-order valence-corrected chi connectivity index (χ0v) is 13.2. The van der Waals surface area contributed by atoms with Crippen LogP contribution in [0.4, 0.5) is 0 Å². The summed E-state index contributed by atoms with van der Waals surface area (Å²) in [6.45, 7) is 2.50. The summed E-state index contributed by atoms with van der Waals surface area (Å²) in [4.78, 5) is 12.2. The minimum atomic E-state index is -0.966. The molecule has 0 aliphatic rings. The Morgan fingerprint density at radius 3 is 2.55 bits per heavy atom. The van der Waals surface area contributed by atoms with Crippen LogP contribution in [-0.4, -0.2) is 24.3 Å². The maximum Gasteiger partial charge on any atom is 0.349 e. The van der Waals surface area contributed by atoms with Crippen molar-refractivity contribution in [3.05, 3.63) is 44.6 Å². The Morgan fingerprint density at radius 2 is 1.90 bits per heavy atom. The Hall–Kier alpha value is -1.53. The zero-order chi connectivity index (χ0) is 14.5. The van der Waals surface area contributed by atoms with E-state index < -0.39 is 5.97 Å². The van der Waals surface area contributed by atoms with Crippen LogP contribution in [0.15, 0.2) is 34.8 Å². The van der Waals surface area contributed by atoms with Gasteiger partial charge in [0.05, 0.1) is 0 Å². The molecule has 2 rings (SSSR count). The van der Waals surface area contributed by atoms with E-state index in [0.717, 1.165) is 15.1 Å². The molecule has 1 aromatic heterocycles. The maximum absolute atomic E-state index is 11.0. The first kappa shape index (κ1) is 14.9. The molecule has 6 heteroatoms. The number of hydrogen-bond donors (Lipinski definition) is 1. The molecule has 0 saturated heterocycles. The zero-order valence-electron chi connectivity index (χ0n) is 10.8. The Bertz CT molecular complexity index is 592. The van der Waals surface area contributed by atoms with Crippen molar-refractivity contribution in [2.45, 2.75) is 6.92 Å². The van der Waals surface area contributed by atoms with Gasteiger partial charge in [0, 0.05) is 9.35 Å². The predicted molar refractivity (Wildman–Crippen MR) is 81.1 cm³/mol. The molecular formula is C14H13BrO4S. The van der Waals surface area contributed by atoms with Crippen molar-refractivity contribution in [2.24, 2.45) is 0 Å². The third kappa shape index (κ3) is 3.98. The number of carboxylic acid groups (broad SMARTS) is 1. The van der Waals surface area contributed by atoms with Gasteiger partial charge in [-0.05, 0) is 37.3 Å². The standard InChI is InChI=1S/C14H13BrO4S/c1-9-8-12(13(20-9)14(16)17)19-7-6-18-11-4-2-10(15)3-5-11/h2-5,8H,6-7H2,1H3,(H,16,17). The fourth-order valence-corrected chi connectivity index (χ4v) is 2.65. The molecule has 0 bridgehead atoms. The van der Waals surface area contributed by atoms with Gasteiger partial charge in [0.2, 0.25) is 0 Å². The molecule has 20 heavy (non-hydrogen) atoms. The van der Waals surface area contributed by atoms with Crippen LogP contribution in [0, 0.1) is 6.92 Å². The first-order valence-electron chi connectivity index (χ1n) is 5.91. The average molecular weight is 357 g/mol. The summed E-state index contributed by atoms with van der Waals surface area (Å²) in [6.07, 6.45) is 0. The second kappa shape index (κ2) is 6.76. The second-order valence-electron chi connectivity index (χ2n) is 4.01. The van der Waals surface area contributed by atoms with Gasteiger partial charge in [0.25, 0.3) is 0 Å². The van der Waals surface area contributed by atoms with Gasteiger partial charge in [-0.15, -0.1) is 11.3 Å². The van der Waals surface area contributed by atoms with Gasteiger partial charge in [-0.25, -0.2) is 4.79 Å². The molecule has 0 spiro atoms. The van der Waals surface area contributed by atoms with E-state index in [1.54, 1.807) is 6.07 Å². The summed E-state index contributed by atoms with van der Waals surface area (Å²) in [5, 5.41) is 9.03. The molecule has 1 heterocycles. The van der Waals surface area contributed by atoms with E-state index in [-0.39, 0.29) is 4.88 Å². The molecule has 4 nitrogen and oxygen atoms in total. The number of carboxylic acids is 1. The molecule has 0 atom stereocenters. The van der Waals surface area contributed by atoms with E-state index in [1.807, 2.05) is 31.2 Å². The summed E-state index contributed by atoms with van der Waals surface area (Å²) in [7, 11) is 0. The minimum Gasteiger partial charge on any atom is -0.490 e. The number of halogens is 1. The third-order valence-electron chi connectivity index (χ3n) is 2.44. The van der Waals surface area contributed by atoms with Crippen LogP contribution >= 0.6 is 27.3 Å². The monoisotopic (exact) mass is 356 g/mol. The normalized spacial score (nSPS) is 10.3. The molecule has 0 saturated carbocycles. The summed E-state index contributed by atoms with van der Waals surface area (Å²) in [6, 6.07) is 9.21. The maximum atomic E-state index is 11.0. The number of carbonyl (C=O) groups is 1. The van der Waals surface area contributed by atoms with Gasteiger partial charge in [0.15, 0.2) is 4.88 Å². The highest BCUT2D eigenvalue weighted by molar-refractivity contribution is 9.10. The smallest absolute Gasteiger partial charge is 0.349 e. The van der Waals surface area contributed by atoms with Gasteiger partial charge >= 0.3 is 5.97 Å². The highest BCUT2D eigenvalue weighted by Crippen LogP contribution is 2.28. The van der Waals surface area contributed by atoms with Crippen LogP contribution in [0.3, 0.4) is 0 Å². The molecule has 0 radical (unpaired) electrons. The Morgan fingerprint density at radius 1 is 1.25 bits per heavy atom. The van der Waals surface area contributed by atoms with Crippen molar-refractivity contribution in [3.63, 3.8) is 0 Å². The number of aromatic carboxylic acids is 1. The number of thiophene rings is 1. The summed E-state index contributed by atoms with van der Waals surface area (Å²) in [5.41, 5.74) is 0. The summed E-state index contributed by atoms with van der Waals surface area (Å²) < 4.78 is 11.9. The molecule has 0 unspecified atom stereocenters. The van der Waals surface area contributed by atoms with E-state index in [0.29, 0.717) is 19.0 Å². The highest BCUT2D eigenvalue weighted by Gasteiger charge is 2.15. The van der Waals surface area contributed by atoms with Gasteiger partial charge in [-0.3, -0.25) is 0 Å². The molecule has 106 valence electrons. The molecule has 0 aliphatic carbocycles. The predicted octanol–water partition coefficient (Wildman–Crippen LogP) is 3.98. The molecule has 2 aromatic rings. The van der Waals surface area contributed by atoms with Gasteiger partial charge in [0.1, 0.15) is 24.7 Å². The van der Waals surface area contributed by atoms with Crippen LogP contribution in [0.25, 0.3) is 0 Å². The molecule has 1 N–H and O–H groups in total. The third-order valence-corrected chi connectivity index (χ3v) is 3.99. The quantitative estimate of drug-likeness (QED) is 0.795. The molecular weight excluding hydrogens is 344 g/mol. The van der Waals surface area contributed by atoms with Gasteiger partial charge < -0.3 is 14.6 Å². The number of aryl methyl sites for hydroxylation is 1. The van der Waals surface area contributed by atoms with E-state index in [1.165, 1.54) is 11.3 Å². The van der Waals surface area contributed by atoms with E-state index in [2.05, 4.69) is 15.9 Å². The lowest BCUT2D eigenvalue weighted by molar-refractivity contribution is 0.0697. The molecule has 0 aliphatic heterocycles.